The van der Waals surface area contributed by atoms with Crippen molar-refractivity contribution in [2.24, 2.45) is 41.2 Å². The predicted molar refractivity (Wildman–Crippen MR) is 358 cm³/mol. The fraction of sp³-hybridized carbons (Fsp3) is 0.872. The molecule has 20 aliphatic rings. The first-order valence-electron chi connectivity index (χ1n) is 39.2. The molecule has 22 nitrogen and oxygen atoms in total. The predicted octanol–water partition coefficient (Wildman–Crippen LogP) is 7.37. The fourth-order valence-electron chi connectivity index (χ4n) is 22.3. The second-order valence-electron chi connectivity index (χ2n) is 34.3. The second kappa shape index (κ2) is 27.9. The SMILES string of the molecule is C=C1C[C@@H]2CC[C@@]34C[C@@H]5O[C@@H]6[C@@H](O[C@H]7CCC(CC(=O)C[C@H]8[C@H](CC9O[C@@H](CCC1O2)C[C@@H](C)C9=C)OC([C@H](O)CN)[C@@H]8C)O[C@@H]7[C@@H]6O3)[C@H]5O4.C=C1C[C@@H]2CC[C@@]34C[C@@H]5O[C@@H]6[C@@H](O[C@H]7CCC(CC(=O)C[C@H]8[C@H](CC9O[C@@H](CCC1O2)C[C@@H](C)C9=C)OC([C@H](O)CO)[C@@H]8C)O[C@@H]7[C@@H]6O3)[C@H]5O4. The quantitative estimate of drug-likeness (QED) is 0.200. The van der Waals surface area contributed by atoms with Crippen molar-refractivity contribution >= 4 is 11.6 Å². The standard InChI is InChI=1S/C39H57NO10.C39H56O11/c2*1-18-11-23-5-7-28-19(2)12-25(43-28)9-10-39-16-32-35(49-39)36-37(48-32)38(50-39)34-29(46-36)8-6-24(45-34)13-22(41)14-26-21(4)33(27(42)17-40)47-31(26)15-30(44-23)20(18)3/h18,21,23-38,42H,2-3,5-17,40H2,1,4H3;18,21,23-38,40,42H,2-3,5-17H2,1,4H3/t2*18-,21-,23+,24?,25+,26-,27-,28?,29+,30?,31+,32+,33?,34+,35+,36+,37-,38+,39+/m11/s1. The average molecular weight is 1400 g/mol. The van der Waals surface area contributed by atoms with Crippen LogP contribution < -0.4 is 5.73 Å². The molecule has 0 aromatic carbocycles. The molecule has 22 heteroatoms. The highest BCUT2D eigenvalue weighted by molar-refractivity contribution is 5.79. The third-order valence-electron chi connectivity index (χ3n) is 27.8. The topological polar surface area (TPSA) is 269 Å². The molecule has 5 N–H and O–H groups in total. The number of hydrogen-bond acceptors (Lipinski definition) is 22. The van der Waals surface area contributed by atoms with E-state index in [0.29, 0.717) is 63.7 Å². The smallest absolute Gasteiger partial charge is 0.172 e. The van der Waals surface area contributed by atoms with Gasteiger partial charge in [0.05, 0.1) is 123 Å². The molecular formula is C78H113NO21. The highest BCUT2D eigenvalue weighted by atomic mass is 16.8. The van der Waals surface area contributed by atoms with Crippen LogP contribution >= 0.6 is 0 Å². The normalized spacial score (nSPS) is 54.0. The lowest BCUT2D eigenvalue weighted by atomic mass is 9.78. The van der Waals surface area contributed by atoms with Crippen molar-refractivity contribution in [3.05, 3.63) is 48.6 Å². The molecule has 20 saturated heterocycles. The van der Waals surface area contributed by atoms with E-state index in [-0.39, 0.29) is 213 Å². The minimum atomic E-state index is -1.02. The monoisotopic (exact) mass is 1400 g/mol. The van der Waals surface area contributed by atoms with Gasteiger partial charge in [0, 0.05) is 70.8 Å². The van der Waals surface area contributed by atoms with Crippen LogP contribution in [0.1, 0.15) is 182 Å². The summed E-state index contributed by atoms with van der Waals surface area (Å²) in [7, 11) is 0. The average Bonchev–Trinajstić information content (AvgIpc) is 1.55. The number of nitrogens with two attached hydrogens (primary N) is 1. The lowest BCUT2D eigenvalue weighted by Gasteiger charge is -2.47. The van der Waals surface area contributed by atoms with Gasteiger partial charge in [-0.25, -0.2) is 0 Å². The zero-order valence-corrected chi connectivity index (χ0v) is 59.3. The van der Waals surface area contributed by atoms with Crippen LogP contribution in [-0.4, -0.2) is 235 Å². The van der Waals surface area contributed by atoms with Gasteiger partial charge in [0.1, 0.15) is 78.7 Å². The van der Waals surface area contributed by atoms with Gasteiger partial charge < -0.3 is 96.8 Å². The number of aliphatic hydroxyl groups excluding tert-OH is 3. The van der Waals surface area contributed by atoms with Gasteiger partial charge in [-0.1, -0.05) is 54.0 Å². The van der Waals surface area contributed by atoms with E-state index in [2.05, 4.69) is 47.1 Å². The zero-order chi connectivity index (χ0) is 68.9. The van der Waals surface area contributed by atoms with Gasteiger partial charge in [-0.2, -0.15) is 0 Å². The van der Waals surface area contributed by atoms with Crippen LogP contribution in [0.4, 0.5) is 0 Å². The van der Waals surface area contributed by atoms with E-state index in [9.17, 15) is 24.9 Å². The summed E-state index contributed by atoms with van der Waals surface area (Å²) >= 11 is 0. The van der Waals surface area contributed by atoms with Crippen LogP contribution in [0.25, 0.3) is 0 Å². The highest BCUT2D eigenvalue weighted by Gasteiger charge is 2.71. The number of rotatable bonds is 4. The number of carbonyl (C=O) groups excluding carboxylic acids is 2. The van der Waals surface area contributed by atoms with Gasteiger partial charge in [-0.05, 0) is 148 Å². The maximum Gasteiger partial charge on any atom is 0.172 e. The molecule has 20 heterocycles. The lowest BCUT2D eigenvalue weighted by molar-refractivity contribution is -0.292. The van der Waals surface area contributed by atoms with Crippen LogP contribution in [0, 0.1) is 35.5 Å². The van der Waals surface area contributed by atoms with Crippen LogP contribution in [0.2, 0.25) is 0 Å². The van der Waals surface area contributed by atoms with Gasteiger partial charge in [0.25, 0.3) is 0 Å². The Kier molecular flexibility index (Phi) is 19.7. The van der Waals surface area contributed by atoms with Gasteiger partial charge >= 0.3 is 0 Å². The summed E-state index contributed by atoms with van der Waals surface area (Å²) in [5.74, 6) is -1.11. The summed E-state index contributed by atoms with van der Waals surface area (Å²) in [6, 6.07) is 0. The number of ketones is 2. The molecule has 0 amide bonds. The Morgan fingerprint density at radius 2 is 0.790 bits per heavy atom. The molecular weight excluding hydrogens is 1290 g/mol. The van der Waals surface area contributed by atoms with Gasteiger partial charge in [-0.3, -0.25) is 9.59 Å². The largest absolute Gasteiger partial charge is 0.394 e. The molecule has 0 aromatic heterocycles. The highest BCUT2D eigenvalue weighted by Crippen LogP contribution is 2.57. The van der Waals surface area contributed by atoms with Gasteiger partial charge in [0.2, 0.25) is 0 Å². The molecule has 20 rings (SSSR count). The van der Waals surface area contributed by atoms with Crippen molar-refractivity contribution in [1.29, 1.82) is 0 Å². The zero-order valence-electron chi connectivity index (χ0n) is 59.3. The van der Waals surface area contributed by atoms with Crippen molar-refractivity contribution in [3.63, 3.8) is 0 Å². The molecule has 0 aromatic rings. The van der Waals surface area contributed by atoms with Gasteiger partial charge in [-0.15, -0.1) is 0 Å². The number of carbonyl (C=O) groups is 2. The third kappa shape index (κ3) is 13.1. The fourth-order valence-corrected chi connectivity index (χ4v) is 22.3. The summed E-state index contributed by atoms with van der Waals surface area (Å²) < 4.78 is 107. The molecule has 100 heavy (non-hydrogen) atoms. The first-order valence-corrected chi connectivity index (χ1v) is 39.2. The Morgan fingerprint density at radius 3 is 1.23 bits per heavy atom. The lowest BCUT2D eigenvalue weighted by Crippen LogP contribution is -2.61. The molecule has 38 atom stereocenters. The molecule has 20 aliphatic heterocycles. The van der Waals surface area contributed by atoms with E-state index in [1.165, 1.54) is 0 Å². The number of hydrogen-bond donors (Lipinski definition) is 4. The summed E-state index contributed by atoms with van der Waals surface area (Å²) in [4.78, 5) is 27.9. The number of aliphatic hydroxyl groups is 3. The van der Waals surface area contributed by atoms with Crippen LogP contribution in [0.15, 0.2) is 48.6 Å². The summed E-state index contributed by atoms with van der Waals surface area (Å²) in [6.45, 7) is 26.0. The van der Waals surface area contributed by atoms with Crippen molar-refractivity contribution in [3.8, 4) is 0 Å². The minimum Gasteiger partial charge on any atom is -0.394 e. The molecule has 0 aliphatic carbocycles. The maximum absolute atomic E-state index is 13.9. The number of Topliss-reactive ketones (excluding diaryl/α,β-unsaturated/α-hetero) is 2. The Hall–Kier alpha value is -2.50. The Labute approximate surface area is 589 Å². The molecule has 2 spiro atoms. The van der Waals surface area contributed by atoms with Crippen molar-refractivity contribution in [1.82, 2.24) is 0 Å². The summed E-state index contributed by atoms with van der Waals surface area (Å²) in [5, 5.41) is 31.4. The second-order valence-corrected chi connectivity index (χ2v) is 34.3. The van der Waals surface area contributed by atoms with Crippen LogP contribution in [0.5, 0.6) is 0 Å². The molecule has 20 fully saturated rings. The first-order chi connectivity index (χ1) is 48.1. The Bertz CT molecular complexity index is 2880. The van der Waals surface area contributed by atoms with Crippen LogP contribution in [0.3, 0.4) is 0 Å². The number of fused-ring (bicyclic) bond motifs is 12. The van der Waals surface area contributed by atoms with E-state index in [4.69, 9.17) is 81.5 Å². The summed E-state index contributed by atoms with van der Waals surface area (Å²) in [5.41, 5.74) is 10.3. The summed E-state index contributed by atoms with van der Waals surface area (Å²) in [6.07, 6.45) is 9.71. The first kappa shape index (κ1) is 70.5. The molecule has 0 saturated carbocycles. The maximum atomic E-state index is 13.9. The van der Waals surface area contributed by atoms with Crippen molar-refractivity contribution in [2.45, 2.75) is 376 Å². The van der Waals surface area contributed by atoms with Gasteiger partial charge in [0.15, 0.2) is 11.6 Å². The van der Waals surface area contributed by atoms with E-state index in [0.717, 1.165) is 112 Å². The van der Waals surface area contributed by atoms with Crippen LogP contribution in [-0.2, 0) is 85.4 Å². The minimum absolute atomic E-state index is 0.00450. The van der Waals surface area contributed by atoms with E-state index >= 15 is 0 Å². The van der Waals surface area contributed by atoms with Crippen molar-refractivity contribution < 1.29 is 101 Å². The third-order valence-corrected chi connectivity index (χ3v) is 27.8. The molecule has 24 bridgehead atoms. The molecule has 0 radical (unpaired) electrons. The Balaban J connectivity index is 0.000000150. The van der Waals surface area contributed by atoms with E-state index in [1.807, 2.05) is 6.92 Å². The van der Waals surface area contributed by atoms with E-state index in [1.54, 1.807) is 0 Å². The molecule has 556 valence electrons. The van der Waals surface area contributed by atoms with E-state index < -0.39 is 42.6 Å². The molecule has 8 unspecified atom stereocenters. The van der Waals surface area contributed by atoms with Crippen molar-refractivity contribution in [2.75, 3.05) is 13.2 Å². The Morgan fingerprint density at radius 1 is 0.400 bits per heavy atom. The number of ether oxygens (including phenoxy) is 16.